The maximum Gasteiger partial charge on any atom is 0.516 e. The predicted octanol–water partition coefficient (Wildman–Crippen LogP) is 9.09. The quantitative estimate of drug-likeness (QED) is 0.0845. The summed E-state index contributed by atoms with van der Waals surface area (Å²) in [6.45, 7) is 16.1. The van der Waals surface area contributed by atoms with Crippen molar-refractivity contribution in [1.82, 2.24) is 9.80 Å². The molecule has 2 saturated heterocycles. The molecule has 2 saturated carbocycles. The van der Waals surface area contributed by atoms with Crippen LogP contribution in [0.4, 0.5) is 37.7 Å². The summed E-state index contributed by atoms with van der Waals surface area (Å²) in [5.41, 5.74) is -1.15. The van der Waals surface area contributed by atoms with E-state index >= 15 is 0 Å². The molecule has 0 bridgehead atoms. The molecule has 2 aliphatic carbocycles. The average molecular weight is 845 g/mol. The van der Waals surface area contributed by atoms with Crippen LogP contribution in [-0.4, -0.2) is 76.9 Å². The zero-order valence-electron chi connectivity index (χ0n) is 31.9. The van der Waals surface area contributed by atoms with Gasteiger partial charge in [0.25, 0.3) is 0 Å². The van der Waals surface area contributed by atoms with Crippen molar-refractivity contribution in [3.8, 4) is 0 Å². The van der Waals surface area contributed by atoms with Crippen LogP contribution in [0.15, 0.2) is 48.5 Å². The van der Waals surface area contributed by atoms with Crippen LogP contribution in [-0.2, 0) is 29.9 Å². The molecule has 2 aliphatic heterocycles. The van der Waals surface area contributed by atoms with Gasteiger partial charge in [-0.05, 0) is 85.0 Å². The molecule has 55 heavy (non-hydrogen) atoms. The number of sulfonamides is 1. The fourth-order valence-corrected chi connectivity index (χ4v) is 9.23. The highest BCUT2D eigenvalue weighted by Gasteiger charge is 2.66. The number of anilines is 2. The number of benzene rings is 2. The number of nitrogens with one attached hydrogen (secondary N) is 1. The monoisotopic (exact) mass is 844 g/mol. The summed E-state index contributed by atoms with van der Waals surface area (Å²) >= 11 is 0. The lowest BCUT2D eigenvalue weighted by Gasteiger charge is -2.24. The van der Waals surface area contributed by atoms with Crippen LogP contribution >= 0.6 is 10.7 Å². The van der Waals surface area contributed by atoms with Gasteiger partial charge >= 0.3 is 30.1 Å². The average Bonchev–Trinajstić information content (AvgIpc) is 3.56. The Bertz CT molecular complexity index is 1790. The zero-order valence-corrected chi connectivity index (χ0v) is 34.3. The molecule has 0 aromatic heterocycles. The second-order valence-electron chi connectivity index (χ2n) is 15.8. The van der Waals surface area contributed by atoms with Gasteiger partial charge in [0.1, 0.15) is 0 Å². The number of unbranched alkanes of at least 4 members (excludes halogenated alkanes) is 6. The van der Waals surface area contributed by atoms with Gasteiger partial charge < -0.3 is 15.5 Å². The fraction of sp³-hybridized carbons (Fsp3) is 0.684. The number of rotatable bonds is 14. The number of hydrogen-bond acceptors (Lipinski definition) is 7. The molecule has 4 fully saturated rings. The zero-order chi connectivity index (χ0) is 41.0. The highest BCUT2D eigenvalue weighted by molar-refractivity contribution is 8.14. The van der Waals surface area contributed by atoms with E-state index in [9.17, 15) is 43.2 Å². The lowest BCUT2D eigenvalue weighted by atomic mass is 9.92. The Balaban J connectivity index is 0.000000210. The highest BCUT2D eigenvalue weighted by atomic mass is 35.7. The van der Waals surface area contributed by atoms with E-state index in [0.717, 1.165) is 42.7 Å². The summed E-state index contributed by atoms with van der Waals surface area (Å²) in [7, 11) is -6.90. The molecule has 2 aromatic carbocycles. The lowest BCUT2D eigenvalue weighted by Crippen LogP contribution is -2.31. The topological polar surface area (TPSA) is 113 Å². The van der Waals surface area contributed by atoms with Gasteiger partial charge in [0.05, 0.1) is 0 Å². The Labute approximate surface area is 327 Å². The van der Waals surface area contributed by atoms with Crippen LogP contribution in [0.2, 0.25) is 0 Å². The van der Waals surface area contributed by atoms with Crippen molar-refractivity contribution in [3.05, 3.63) is 59.7 Å². The smallest absolute Gasteiger partial charge is 0.399 e. The molecular weight excluding hydrogens is 790 g/mol. The highest BCUT2D eigenvalue weighted by Crippen LogP contribution is 2.64. The first kappa shape index (κ1) is 45.4. The summed E-state index contributed by atoms with van der Waals surface area (Å²) in [4.78, 5) is 5.15. The number of nitrogen functional groups attached to an aromatic ring is 1. The largest absolute Gasteiger partial charge is 0.516 e. The van der Waals surface area contributed by atoms with Crippen molar-refractivity contribution < 1.29 is 43.2 Å². The molecule has 2 aromatic rings. The summed E-state index contributed by atoms with van der Waals surface area (Å²) in [5, 5.41) is 0. The minimum atomic E-state index is -5.39. The normalized spacial score (nSPS) is 27.6. The van der Waals surface area contributed by atoms with E-state index in [4.69, 9.17) is 5.73 Å². The molecule has 4 unspecified atom stereocenters. The first-order valence-corrected chi connectivity index (χ1v) is 22.8. The van der Waals surface area contributed by atoms with Gasteiger partial charge in [-0.25, -0.2) is 8.42 Å². The van der Waals surface area contributed by atoms with Gasteiger partial charge in [-0.3, -0.25) is 4.72 Å². The van der Waals surface area contributed by atoms with Crippen LogP contribution in [0, 0.1) is 23.7 Å². The number of likely N-dealkylation sites (tertiary alicyclic amines) is 2. The summed E-state index contributed by atoms with van der Waals surface area (Å²) in [6.07, 6.45) is 10.4. The second-order valence-corrected chi connectivity index (χ2v) is 20.0. The van der Waals surface area contributed by atoms with Gasteiger partial charge in [-0.2, -0.15) is 34.8 Å². The third kappa shape index (κ3) is 10.8. The minimum absolute atomic E-state index is 0.0348. The number of nitrogens with two attached hydrogens (primary N) is 1. The van der Waals surface area contributed by atoms with E-state index < -0.39 is 30.1 Å². The van der Waals surface area contributed by atoms with Gasteiger partial charge in [-0.1, -0.05) is 90.5 Å². The molecule has 312 valence electrons. The maximum atomic E-state index is 12.6. The van der Waals surface area contributed by atoms with E-state index in [2.05, 4.69) is 66.4 Å². The molecule has 6 rings (SSSR count). The van der Waals surface area contributed by atoms with Crippen LogP contribution in [0.5, 0.6) is 0 Å². The number of halogens is 7. The van der Waals surface area contributed by atoms with Gasteiger partial charge in [0.2, 0.25) is 0 Å². The van der Waals surface area contributed by atoms with Gasteiger partial charge in [-0.15, -0.1) is 0 Å². The SMILES string of the molecule is CCCCCCN1CC2C(C1)C2(C)c1cccc(N)c1.CCCCCCN1CC2C(C1)C2(C)c1cccc(NS(=O)(=O)C(F)(F)F)c1.O=S(=O)(Cl)C(F)(F)F. The van der Waals surface area contributed by atoms with Crippen molar-refractivity contribution in [3.63, 3.8) is 0 Å². The molecule has 3 N–H and O–H groups in total. The van der Waals surface area contributed by atoms with Crippen LogP contribution < -0.4 is 10.5 Å². The van der Waals surface area contributed by atoms with Crippen LogP contribution in [0.25, 0.3) is 0 Å². The molecule has 0 amide bonds. The standard InChI is InChI=1S/C19H27F3N2O2S.C18H28N2.CClF3O2S/c1-3-4-5-6-10-24-12-16-17(13-24)18(16,2)14-8-7-9-15(11-14)23-27(25,26)19(20,21)22;1-3-4-5-6-10-20-12-16-17(13-20)18(16,2)14-8-7-9-15(19)11-14;2-8(6,7)1(3,4)5/h7-9,11,16-17,23H,3-6,10,12-13H2,1-2H3;7-9,11,16-17H,3-6,10,12-13,19H2,1-2H3;. The first-order valence-electron chi connectivity index (χ1n) is 19.0. The number of alkyl halides is 6. The van der Waals surface area contributed by atoms with E-state index in [1.165, 1.54) is 82.6 Å². The van der Waals surface area contributed by atoms with Crippen molar-refractivity contribution in [2.75, 3.05) is 49.7 Å². The second kappa shape index (κ2) is 17.7. The maximum absolute atomic E-state index is 12.6. The Morgan fingerprint density at radius 3 is 1.45 bits per heavy atom. The summed E-state index contributed by atoms with van der Waals surface area (Å²) in [6, 6.07) is 14.9. The summed E-state index contributed by atoms with van der Waals surface area (Å²) in [5.74, 6) is 2.68. The van der Waals surface area contributed by atoms with Crippen molar-refractivity contribution in [1.29, 1.82) is 0 Å². The fourth-order valence-electron chi connectivity index (χ4n) is 8.68. The van der Waals surface area contributed by atoms with Crippen molar-refractivity contribution in [2.45, 2.75) is 101 Å². The predicted molar refractivity (Wildman–Crippen MR) is 207 cm³/mol. The number of piperidine rings is 2. The molecule has 4 aliphatic rings. The third-order valence-electron chi connectivity index (χ3n) is 12.1. The Kier molecular flexibility index (Phi) is 14.6. The van der Waals surface area contributed by atoms with Crippen molar-refractivity contribution >= 4 is 41.1 Å². The molecule has 2 heterocycles. The third-order valence-corrected chi connectivity index (χ3v) is 14.3. The Morgan fingerprint density at radius 2 is 1.09 bits per heavy atom. The van der Waals surface area contributed by atoms with E-state index in [-0.39, 0.29) is 11.1 Å². The molecule has 4 atom stereocenters. The van der Waals surface area contributed by atoms with Crippen LogP contribution in [0.3, 0.4) is 0 Å². The molecular formula is C38H55ClF6N4O4S2. The molecule has 8 nitrogen and oxygen atoms in total. The number of fused-ring (bicyclic) bond motifs is 2. The van der Waals surface area contributed by atoms with Gasteiger partial charge in [0, 0.05) is 59.1 Å². The summed E-state index contributed by atoms with van der Waals surface area (Å²) < 4.78 is 113. The van der Waals surface area contributed by atoms with E-state index in [0.29, 0.717) is 17.3 Å². The Morgan fingerprint density at radius 1 is 0.691 bits per heavy atom. The van der Waals surface area contributed by atoms with E-state index in [1.807, 2.05) is 12.1 Å². The first-order chi connectivity index (χ1) is 25.5. The number of nitrogens with zero attached hydrogens (tertiary/aromatic N) is 2. The lowest BCUT2D eigenvalue weighted by molar-refractivity contribution is -0.0431. The van der Waals surface area contributed by atoms with E-state index in [1.54, 1.807) is 16.9 Å². The van der Waals surface area contributed by atoms with Crippen LogP contribution in [0.1, 0.15) is 90.2 Å². The molecule has 0 spiro atoms. The molecule has 17 heteroatoms. The number of hydrogen-bond donors (Lipinski definition) is 2. The van der Waals surface area contributed by atoms with Gasteiger partial charge in [0.15, 0.2) is 0 Å². The minimum Gasteiger partial charge on any atom is -0.399 e. The molecule has 0 radical (unpaired) electrons. The van der Waals surface area contributed by atoms with Crippen molar-refractivity contribution in [2.24, 2.45) is 23.7 Å². The Hall–Kier alpha value is -2.27.